The first kappa shape index (κ1) is 16.0. The normalized spacial score (nSPS) is 13.1. The molecular weight excluding hydrogens is 236 g/mol. The van der Waals surface area contributed by atoms with Crippen LogP contribution >= 0.6 is 0 Å². The number of aromatic nitrogens is 1. The van der Waals surface area contributed by atoms with Gasteiger partial charge in [0.2, 0.25) is 0 Å². The number of aliphatic hydroxyl groups excluding tert-OH is 1. The molecule has 0 aliphatic carbocycles. The topological polar surface area (TPSA) is 36.4 Å². The Morgan fingerprint density at radius 3 is 2.32 bits per heavy atom. The summed E-state index contributed by atoms with van der Waals surface area (Å²) in [5, 5.41) is 9.72. The summed E-state index contributed by atoms with van der Waals surface area (Å²) >= 11 is 0. The fraction of sp³-hybridized carbons (Fsp3) is 0.688. The lowest BCUT2D eigenvalue weighted by Gasteiger charge is -2.33. The van der Waals surface area contributed by atoms with E-state index in [4.69, 9.17) is 0 Å². The van der Waals surface area contributed by atoms with Gasteiger partial charge in [-0.3, -0.25) is 0 Å². The summed E-state index contributed by atoms with van der Waals surface area (Å²) < 4.78 is 0. The van der Waals surface area contributed by atoms with Crippen LogP contribution in [0.25, 0.3) is 0 Å². The van der Waals surface area contributed by atoms with Crippen LogP contribution in [0.1, 0.15) is 59.1 Å². The second-order valence-electron chi connectivity index (χ2n) is 5.64. The van der Waals surface area contributed by atoms with E-state index in [1.165, 1.54) is 0 Å². The van der Waals surface area contributed by atoms with Crippen LogP contribution in [0, 0.1) is 5.92 Å². The molecule has 0 radical (unpaired) electrons. The minimum Gasteiger partial charge on any atom is -0.389 e. The highest BCUT2D eigenvalue weighted by Crippen LogP contribution is 2.23. The maximum Gasteiger partial charge on any atom is 0.129 e. The van der Waals surface area contributed by atoms with Gasteiger partial charge in [0.15, 0.2) is 0 Å². The maximum atomic E-state index is 9.72. The van der Waals surface area contributed by atoms with E-state index in [1.807, 2.05) is 12.1 Å². The third-order valence-electron chi connectivity index (χ3n) is 3.49. The Hall–Kier alpha value is -1.09. The Balaban J connectivity index is 3.05. The van der Waals surface area contributed by atoms with Crippen molar-refractivity contribution in [2.75, 3.05) is 11.4 Å². The van der Waals surface area contributed by atoms with Crippen molar-refractivity contribution >= 4 is 5.82 Å². The highest BCUT2D eigenvalue weighted by atomic mass is 16.3. The molecule has 3 nitrogen and oxygen atoms in total. The maximum absolute atomic E-state index is 9.72. The summed E-state index contributed by atoms with van der Waals surface area (Å²) in [7, 11) is 0. The number of aliphatic hydroxyl groups is 1. The Kier molecular flexibility index (Phi) is 6.29. The van der Waals surface area contributed by atoms with Gasteiger partial charge in [0.25, 0.3) is 0 Å². The largest absolute Gasteiger partial charge is 0.389 e. The molecule has 0 saturated carbocycles. The molecule has 0 spiro atoms. The summed E-state index contributed by atoms with van der Waals surface area (Å²) in [6, 6.07) is 4.42. The zero-order valence-electron chi connectivity index (χ0n) is 12.9. The molecule has 0 saturated heterocycles. The van der Waals surface area contributed by atoms with E-state index in [2.05, 4.69) is 37.6 Å². The zero-order valence-corrected chi connectivity index (χ0v) is 12.9. The number of nitrogens with zero attached hydrogens (tertiary/aromatic N) is 2. The summed E-state index contributed by atoms with van der Waals surface area (Å²) in [5.74, 6) is 1.58. The van der Waals surface area contributed by atoms with E-state index < -0.39 is 6.10 Å². The summed E-state index contributed by atoms with van der Waals surface area (Å²) in [4.78, 5) is 6.89. The van der Waals surface area contributed by atoms with E-state index in [0.717, 1.165) is 30.8 Å². The highest BCUT2D eigenvalue weighted by molar-refractivity contribution is 5.42. The van der Waals surface area contributed by atoms with E-state index in [-0.39, 0.29) is 0 Å². The van der Waals surface area contributed by atoms with Crippen LogP contribution in [0.4, 0.5) is 5.82 Å². The van der Waals surface area contributed by atoms with Crippen molar-refractivity contribution in [3.8, 4) is 0 Å². The number of hydrogen-bond acceptors (Lipinski definition) is 3. The second-order valence-corrected chi connectivity index (χ2v) is 5.64. The first-order valence-corrected chi connectivity index (χ1v) is 7.40. The molecule has 1 atom stereocenters. The fourth-order valence-electron chi connectivity index (χ4n) is 2.40. The molecule has 108 valence electrons. The molecule has 1 rings (SSSR count). The molecular formula is C16H28N2O. The first-order chi connectivity index (χ1) is 8.99. The van der Waals surface area contributed by atoms with Crippen LogP contribution < -0.4 is 4.90 Å². The van der Waals surface area contributed by atoms with Crippen molar-refractivity contribution in [3.05, 3.63) is 23.9 Å². The smallest absolute Gasteiger partial charge is 0.129 e. The Morgan fingerprint density at radius 2 is 1.84 bits per heavy atom. The predicted molar refractivity (Wildman–Crippen MR) is 81.4 cm³/mol. The van der Waals surface area contributed by atoms with Crippen molar-refractivity contribution in [2.24, 2.45) is 5.92 Å². The quantitative estimate of drug-likeness (QED) is 0.814. The lowest BCUT2D eigenvalue weighted by Crippen LogP contribution is -2.38. The average Bonchev–Trinajstić information content (AvgIpc) is 2.38. The molecule has 1 aromatic heterocycles. The predicted octanol–water partition coefficient (Wildman–Crippen LogP) is 3.79. The van der Waals surface area contributed by atoms with Gasteiger partial charge in [0.1, 0.15) is 5.82 Å². The second kappa shape index (κ2) is 7.49. The van der Waals surface area contributed by atoms with Gasteiger partial charge in [-0.25, -0.2) is 4.98 Å². The molecule has 0 aliphatic heterocycles. The van der Waals surface area contributed by atoms with E-state index >= 15 is 0 Å². The lowest BCUT2D eigenvalue weighted by atomic mass is 10.1. The number of rotatable bonds is 7. The van der Waals surface area contributed by atoms with Crippen LogP contribution in [0.5, 0.6) is 0 Å². The van der Waals surface area contributed by atoms with Crippen molar-refractivity contribution in [2.45, 2.75) is 59.6 Å². The van der Waals surface area contributed by atoms with Gasteiger partial charge in [0, 0.05) is 18.8 Å². The third kappa shape index (κ3) is 4.50. The lowest BCUT2D eigenvalue weighted by molar-refractivity contribution is 0.199. The number of hydrogen-bond donors (Lipinski definition) is 1. The molecule has 0 aliphatic rings. The Bertz CT molecular complexity index is 373. The molecule has 19 heavy (non-hydrogen) atoms. The molecule has 1 heterocycles. The fourth-order valence-corrected chi connectivity index (χ4v) is 2.40. The van der Waals surface area contributed by atoms with Gasteiger partial charge < -0.3 is 10.0 Å². The van der Waals surface area contributed by atoms with E-state index in [0.29, 0.717) is 12.0 Å². The van der Waals surface area contributed by atoms with Gasteiger partial charge in [-0.2, -0.15) is 0 Å². The molecule has 3 heteroatoms. The van der Waals surface area contributed by atoms with Gasteiger partial charge in [-0.1, -0.05) is 27.7 Å². The minimum atomic E-state index is -0.440. The highest BCUT2D eigenvalue weighted by Gasteiger charge is 2.18. The van der Waals surface area contributed by atoms with Gasteiger partial charge in [-0.15, -0.1) is 0 Å². The molecule has 0 aromatic carbocycles. The number of pyridine rings is 1. The molecule has 1 N–H and O–H groups in total. The van der Waals surface area contributed by atoms with E-state index in [1.54, 1.807) is 13.1 Å². The van der Waals surface area contributed by atoms with Gasteiger partial charge in [0.05, 0.1) is 6.10 Å². The molecule has 0 unspecified atom stereocenters. The average molecular weight is 264 g/mol. The van der Waals surface area contributed by atoms with Gasteiger partial charge >= 0.3 is 0 Å². The van der Waals surface area contributed by atoms with Crippen molar-refractivity contribution in [1.29, 1.82) is 0 Å². The summed E-state index contributed by atoms with van der Waals surface area (Å²) in [6.45, 7) is 11.7. The standard InChI is InChI=1S/C16H28N2O/c1-6-15(7-2)18(11-12(3)4)16-10-14(13(5)19)8-9-17-16/h8-10,12-13,15,19H,6-7,11H2,1-5H3/t13-/m0/s1. The Morgan fingerprint density at radius 1 is 1.21 bits per heavy atom. The molecule has 0 fully saturated rings. The monoisotopic (exact) mass is 264 g/mol. The number of anilines is 1. The zero-order chi connectivity index (χ0) is 14.4. The SMILES string of the molecule is CCC(CC)N(CC(C)C)c1cc([C@H](C)O)ccn1. The molecule has 0 bridgehead atoms. The van der Waals surface area contributed by atoms with Crippen LogP contribution in [-0.4, -0.2) is 22.7 Å². The van der Waals surface area contributed by atoms with E-state index in [9.17, 15) is 5.11 Å². The third-order valence-corrected chi connectivity index (χ3v) is 3.49. The van der Waals surface area contributed by atoms with Crippen molar-refractivity contribution in [1.82, 2.24) is 4.98 Å². The molecule has 0 amide bonds. The summed E-state index contributed by atoms with van der Waals surface area (Å²) in [6.07, 6.45) is 3.59. The van der Waals surface area contributed by atoms with Crippen molar-refractivity contribution < 1.29 is 5.11 Å². The van der Waals surface area contributed by atoms with Crippen LogP contribution in [0.15, 0.2) is 18.3 Å². The van der Waals surface area contributed by atoms with Crippen molar-refractivity contribution in [3.63, 3.8) is 0 Å². The summed E-state index contributed by atoms with van der Waals surface area (Å²) in [5.41, 5.74) is 0.935. The first-order valence-electron chi connectivity index (χ1n) is 7.40. The minimum absolute atomic E-state index is 0.440. The van der Waals surface area contributed by atoms with Crippen LogP contribution in [0.2, 0.25) is 0 Å². The van der Waals surface area contributed by atoms with Crippen LogP contribution in [-0.2, 0) is 0 Å². The molecule has 1 aromatic rings. The Labute approximate surface area is 117 Å². The van der Waals surface area contributed by atoms with Crippen LogP contribution in [0.3, 0.4) is 0 Å². The van der Waals surface area contributed by atoms with Gasteiger partial charge in [-0.05, 0) is 43.4 Å².